The molecule has 0 amide bonds. The van der Waals surface area contributed by atoms with Crippen LogP contribution < -0.4 is 5.32 Å². The smallest absolute Gasteiger partial charge is 0.0716 e. The number of nitrogens with one attached hydrogen (secondary N) is 1. The van der Waals surface area contributed by atoms with Gasteiger partial charge in [-0.2, -0.15) is 0 Å². The highest BCUT2D eigenvalue weighted by molar-refractivity contribution is 5.23. The molecule has 19 heavy (non-hydrogen) atoms. The number of unbranched alkanes of at least 4 members (excludes halogenated alkanes) is 1. The second kappa shape index (κ2) is 8.13. The van der Waals surface area contributed by atoms with Crippen molar-refractivity contribution in [1.82, 2.24) is 5.32 Å². The van der Waals surface area contributed by atoms with Crippen LogP contribution in [0.15, 0.2) is 36.9 Å². The predicted octanol–water partition coefficient (Wildman–Crippen LogP) is 4.06. The first-order valence-electron chi connectivity index (χ1n) is 7.03. The molecule has 0 saturated carbocycles. The highest BCUT2D eigenvalue weighted by Gasteiger charge is 2.08. The van der Waals surface area contributed by atoms with E-state index in [1.54, 1.807) is 0 Å². The highest BCUT2D eigenvalue weighted by atomic mass is 16.5. The lowest BCUT2D eigenvalue weighted by molar-refractivity contribution is 0.119. The summed E-state index contributed by atoms with van der Waals surface area (Å²) >= 11 is 0. The van der Waals surface area contributed by atoms with Crippen LogP contribution in [0.3, 0.4) is 0 Å². The molecule has 0 atom stereocenters. The molecule has 1 aromatic rings. The van der Waals surface area contributed by atoms with Crippen LogP contribution in [-0.4, -0.2) is 12.1 Å². The second-order valence-electron chi connectivity index (χ2n) is 5.91. The molecule has 0 fully saturated rings. The van der Waals surface area contributed by atoms with Gasteiger partial charge < -0.3 is 10.1 Å². The quantitative estimate of drug-likeness (QED) is 0.563. The predicted molar refractivity (Wildman–Crippen MR) is 82.1 cm³/mol. The van der Waals surface area contributed by atoms with Gasteiger partial charge in [-0.1, -0.05) is 30.3 Å². The fraction of sp³-hybridized carbons (Fsp3) is 0.529. The molecule has 0 heterocycles. The molecule has 2 nitrogen and oxygen atoms in total. The van der Waals surface area contributed by atoms with Crippen LogP contribution in [0.4, 0.5) is 0 Å². The zero-order chi connectivity index (χ0) is 14.1. The monoisotopic (exact) mass is 261 g/mol. The minimum Gasteiger partial charge on any atom is -0.377 e. The highest BCUT2D eigenvalue weighted by Crippen LogP contribution is 2.09. The molecule has 106 valence electrons. The Hall–Kier alpha value is -1.12. The second-order valence-corrected chi connectivity index (χ2v) is 5.91. The van der Waals surface area contributed by atoms with Crippen molar-refractivity contribution in [2.45, 2.75) is 52.3 Å². The van der Waals surface area contributed by atoms with Crippen LogP contribution in [-0.2, 0) is 17.9 Å². The summed E-state index contributed by atoms with van der Waals surface area (Å²) in [4.78, 5) is 0. The van der Waals surface area contributed by atoms with Crippen molar-refractivity contribution in [2.24, 2.45) is 0 Å². The Morgan fingerprint density at radius 2 is 2.00 bits per heavy atom. The third-order valence-electron chi connectivity index (χ3n) is 2.78. The van der Waals surface area contributed by atoms with E-state index >= 15 is 0 Å². The Labute approximate surface area is 117 Å². The van der Waals surface area contributed by atoms with Crippen molar-refractivity contribution in [3.8, 4) is 0 Å². The van der Waals surface area contributed by atoms with E-state index in [1.807, 2.05) is 6.08 Å². The van der Waals surface area contributed by atoms with E-state index < -0.39 is 0 Å². The van der Waals surface area contributed by atoms with E-state index in [0.29, 0.717) is 6.61 Å². The van der Waals surface area contributed by atoms with E-state index in [0.717, 1.165) is 26.0 Å². The summed E-state index contributed by atoms with van der Waals surface area (Å²) in [5.74, 6) is 0. The zero-order valence-electron chi connectivity index (χ0n) is 12.5. The van der Waals surface area contributed by atoms with Crippen LogP contribution in [0.1, 0.15) is 44.7 Å². The van der Waals surface area contributed by atoms with Crippen LogP contribution >= 0.6 is 0 Å². The topological polar surface area (TPSA) is 21.3 Å². The van der Waals surface area contributed by atoms with Crippen LogP contribution in [0.25, 0.3) is 0 Å². The molecule has 1 rings (SSSR count). The maximum Gasteiger partial charge on any atom is 0.0716 e. The molecular weight excluding hydrogens is 234 g/mol. The van der Waals surface area contributed by atoms with Gasteiger partial charge in [0.1, 0.15) is 0 Å². The fourth-order valence-corrected chi connectivity index (χ4v) is 1.72. The normalized spacial score (nSPS) is 11.5. The van der Waals surface area contributed by atoms with E-state index in [1.165, 1.54) is 11.1 Å². The van der Waals surface area contributed by atoms with Crippen molar-refractivity contribution in [3.63, 3.8) is 0 Å². The summed E-state index contributed by atoms with van der Waals surface area (Å²) in [5.41, 5.74) is 2.70. The molecule has 0 aliphatic heterocycles. The van der Waals surface area contributed by atoms with Gasteiger partial charge in [0.05, 0.1) is 6.61 Å². The molecule has 0 bridgehead atoms. The molecule has 2 heteroatoms. The van der Waals surface area contributed by atoms with Crippen molar-refractivity contribution in [3.05, 3.63) is 48.0 Å². The molecule has 0 aromatic heterocycles. The third-order valence-corrected chi connectivity index (χ3v) is 2.78. The summed E-state index contributed by atoms with van der Waals surface area (Å²) < 4.78 is 5.65. The van der Waals surface area contributed by atoms with Crippen LogP contribution in [0.5, 0.6) is 0 Å². The van der Waals surface area contributed by atoms with Crippen molar-refractivity contribution < 1.29 is 4.74 Å². The Bertz CT molecular complexity index is 379. The first kappa shape index (κ1) is 15.9. The molecule has 0 aliphatic rings. The van der Waals surface area contributed by atoms with E-state index in [9.17, 15) is 0 Å². The molecule has 0 spiro atoms. The lowest BCUT2D eigenvalue weighted by Gasteiger charge is -2.20. The van der Waals surface area contributed by atoms with Crippen molar-refractivity contribution in [1.29, 1.82) is 0 Å². The summed E-state index contributed by atoms with van der Waals surface area (Å²) in [6.45, 7) is 12.6. The first-order chi connectivity index (χ1) is 9.01. The molecule has 0 unspecified atom stereocenters. The van der Waals surface area contributed by atoms with Gasteiger partial charge in [-0.25, -0.2) is 0 Å². The van der Waals surface area contributed by atoms with Gasteiger partial charge in [0.25, 0.3) is 0 Å². The van der Waals surface area contributed by atoms with E-state index in [2.05, 4.69) is 56.9 Å². The Morgan fingerprint density at radius 3 is 2.68 bits per heavy atom. The average Bonchev–Trinajstić information content (AvgIpc) is 2.36. The van der Waals surface area contributed by atoms with Gasteiger partial charge in [-0.3, -0.25) is 0 Å². The number of hydrogen-bond acceptors (Lipinski definition) is 2. The molecule has 0 saturated heterocycles. The van der Waals surface area contributed by atoms with Crippen molar-refractivity contribution >= 4 is 0 Å². The number of benzene rings is 1. The Balaban J connectivity index is 2.37. The lowest BCUT2D eigenvalue weighted by atomic mass is 10.1. The SMILES string of the molecule is C=CCCCOCc1cccc(CNC(C)(C)C)c1. The molecule has 1 aromatic carbocycles. The minimum atomic E-state index is 0.150. The molecular formula is C17H27NO. The number of hydrogen-bond donors (Lipinski definition) is 1. The summed E-state index contributed by atoms with van der Waals surface area (Å²) in [5, 5.41) is 3.50. The Kier molecular flexibility index (Phi) is 6.82. The number of allylic oxidation sites excluding steroid dienone is 1. The summed E-state index contributed by atoms with van der Waals surface area (Å²) in [6, 6.07) is 8.59. The van der Waals surface area contributed by atoms with Gasteiger partial charge in [0.15, 0.2) is 0 Å². The van der Waals surface area contributed by atoms with Gasteiger partial charge >= 0.3 is 0 Å². The van der Waals surface area contributed by atoms with Gasteiger partial charge in [-0.05, 0) is 44.7 Å². The van der Waals surface area contributed by atoms with E-state index in [4.69, 9.17) is 4.74 Å². The standard InChI is InChI=1S/C17H27NO/c1-5-6-7-11-19-14-16-10-8-9-15(12-16)13-18-17(2,3)4/h5,8-10,12,18H,1,6-7,11,13-14H2,2-4H3. The first-order valence-corrected chi connectivity index (χ1v) is 7.03. The summed E-state index contributed by atoms with van der Waals surface area (Å²) in [6.07, 6.45) is 4.01. The number of ether oxygens (including phenoxy) is 1. The van der Waals surface area contributed by atoms with Crippen LogP contribution in [0.2, 0.25) is 0 Å². The minimum absolute atomic E-state index is 0.150. The lowest BCUT2D eigenvalue weighted by Crippen LogP contribution is -2.35. The maximum absolute atomic E-state index is 5.65. The zero-order valence-corrected chi connectivity index (χ0v) is 12.5. The van der Waals surface area contributed by atoms with Gasteiger partial charge in [-0.15, -0.1) is 6.58 Å². The fourth-order valence-electron chi connectivity index (χ4n) is 1.72. The third kappa shape index (κ3) is 7.81. The van der Waals surface area contributed by atoms with Crippen molar-refractivity contribution in [2.75, 3.05) is 6.61 Å². The van der Waals surface area contributed by atoms with Crippen LogP contribution in [0, 0.1) is 0 Å². The molecule has 0 radical (unpaired) electrons. The maximum atomic E-state index is 5.65. The van der Waals surface area contributed by atoms with E-state index in [-0.39, 0.29) is 5.54 Å². The van der Waals surface area contributed by atoms with Gasteiger partial charge in [0, 0.05) is 18.7 Å². The number of rotatable bonds is 8. The largest absolute Gasteiger partial charge is 0.377 e. The van der Waals surface area contributed by atoms with Gasteiger partial charge in [0.2, 0.25) is 0 Å². The molecule has 0 aliphatic carbocycles. The summed E-state index contributed by atoms with van der Waals surface area (Å²) in [7, 11) is 0. The Morgan fingerprint density at radius 1 is 1.26 bits per heavy atom. The average molecular weight is 261 g/mol. The molecule has 1 N–H and O–H groups in total.